The number of nitrogens with one attached hydrogen (secondary N) is 3. The molecule has 4 aromatic rings. The van der Waals surface area contributed by atoms with Gasteiger partial charge in [0.05, 0.1) is 10.2 Å². The van der Waals surface area contributed by atoms with Gasteiger partial charge in [-0.2, -0.15) is 0 Å². The molecule has 0 fully saturated rings. The molecule has 41 heavy (non-hydrogen) atoms. The molecule has 3 N–H and O–H groups in total. The lowest BCUT2D eigenvalue weighted by atomic mass is 10.2. The number of amides is 3. The fourth-order valence-corrected chi connectivity index (χ4v) is 5.28. The molecule has 0 saturated carbocycles. The minimum atomic E-state index is -0.505. The fraction of sp³-hybridized carbons (Fsp3) is 0.100. The number of nitrogens with zero attached hydrogens (tertiary/aromatic N) is 1. The topological polar surface area (TPSA) is 130 Å². The van der Waals surface area contributed by atoms with Crippen molar-refractivity contribution in [2.24, 2.45) is 0 Å². The second kappa shape index (κ2) is 13.6. The number of thioether (sulfide) groups is 1. The summed E-state index contributed by atoms with van der Waals surface area (Å²) in [6.07, 6.45) is 1.62. The molecular formula is C30H26N4O5S2. The van der Waals surface area contributed by atoms with Gasteiger partial charge in [-0.3, -0.25) is 24.5 Å². The number of aryl methyl sites for hydroxylation is 1. The number of carbonyl (C=O) groups is 3. The number of hydrogen-bond donors (Lipinski definition) is 3. The number of nitro benzene ring substituents is 1. The summed E-state index contributed by atoms with van der Waals surface area (Å²) in [5.74, 6) is -1.17. The summed E-state index contributed by atoms with van der Waals surface area (Å²) in [5.41, 5.74) is 2.04. The molecule has 1 aromatic heterocycles. The fourth-order valence-electron chi connectivity index (χ4n) is 3.70. The van der Waals surface area contributed by atoms with Gasteiger partial charge in [-0.25, -0.2) is 0 Å². The lowest BCUT2D eigenvalue weighted by Crippen LogP contribution is -2.30. The molecule has 3 amide bonds. The summed E-state index contributed by atoms with van der Waals surface area (Å²) in [6, 6.07) is 23.6. The third-order valence-electron chi connectivity index (χ3n) is 5.81. The van der Waals surface area contributed by atoms with Gasteiger partial charge in [0.25, 0.3) is 17.5 Å². The molecule has 1 atom stereocenters. The van der Waals surface area contributed by atoms with Crippen molar-refractivity contribution in [3.8, 4) is 0 Å². The minimum Gasteiger partial charge on any atom is -0.325 e. The van der Waals surface area contributed by atoms with Crippen LogP contribution in [0.5, 0.6) is 0 Å². The lowest BCUT2D eigenvalue weighted by Gasteiger charge is -2.15. The van der Waals surface area contributed by atoms with Crippen LogP contribution in [0.15, 0.2) is 101 Å². The van der Waals surface area contributed by atoms with Crippen LogP contribution in [-0.2, 0) is 9.59 Å². The van der Waals surface area contributed by atoms with Gasteiger partial charge < -0.3 is 16.0 Å². The molecule has 0 radical (unpaired) electrons. The quantitative estimate of drug-likeness (QED) is 0.0842. The monoisotopic (exact) mass is 586 g/mol. The normalized spacial score (nSPS) is 11.8. The zero-order chi connectivity index (χ0) is 29.4. The molecular weight excluding hydrogens is 560 g/mol. The van der Waals surface area contributed by atoms with Crippen molar-refractivity contribution in [2.75, 3.05) is 10.6 Å². The number of carbonyl (C=O) groups excluding carboxylic acids is 3. The van der Waals surface area contributed by atoms with Crippen molar-refractivity contribution in [2.45, 2.75) is 24.0 Å². The Balaban J connectivity index is 1.43. The molecule has 0 saturated heterocycles. The van der Waals surface area contributed by atoms with Gasteiger partial charge in [0.1, 0.15) is 5.70 Å². The third kappa shape index (κ3) is 8.13. The molecule has 1 heterocycles. The van der Waals surface area contributed by atoms with Crippen LogP contribution < -0.4 is 16.0 Å². The zero-order valence-electron chi connectivity index (χ0n) is 22.1. The van der Waals surface area contributed by atoms with Crippen LogP contribution in [0.3, 0.4) is 0 Å². The molecule has 0 aliphatic rings. The maximum atomic E-state index is 13.2. The van der Waals surface area contributed by atoms with Gasteiger partial charge in [-0.1, -0.05) is 30.3 Å². The van der Waals surface area contributed by atoms with E-state index in [4.69, 9.17) is 0 Å². The van der Waals surface area contributed by atoms with Crippen molar-refractivity contribution >= 4 is 64.0 Å². The maximum Gasteiger partial charge on any atom is 0.272 e. The minimum absolute atomic E-state index is 0.0465. The van der Waals surface area contributed by atoms with E-state index >= 15 is 0 Å². The first-order valence-electron chi connectivity index (χ1n) is 12.4. The second-order valence-corrected chi connectivity index (χ2v) is 11.3. The van der Waals surface area contributed by atoms with Crippen molar-refractivity contribution in [3.63, 3.8) is 0 Å². The SMILES string of the molecule is Cc1cc([N+](=O)[O-])ccc1NC(=O)C(C)Sc1cccc(NC(=O)/C(=C/c2cccs2)NC(=O)c2ccccc2)c1. The van der Waals surface area contributed by atoms with E-state index in [2.05, 4.69) is 16.0 Å². The van der Waals surface area contributed by atoms with Crippen LogP contribution in [0.2, 0.25) is 0 Å². The highest BCUT2D eigenvalue weighted by atomic mass is 32.2. The van der Waals surface area contributed by atoms with E-state index in [0.29, 0.717) is 22.5 Å². The summed E-state index contributed by atoms with van der Waals surface area (Å²) < 4.78 is 0. The van der Waals surface area contributed by atoms with E-state index in [0.717, 1.165) is 9.77 Å². The van der Waals surface area contributed by atoms with Crippen molar-refractivity contribution < 1.29 is 19.3 Å². The average Bonchev–Trinajstić information content (AvgIpc) is 3.47. The zero-order valence-corrected chi connectivity index (χ0v) is 23.8. The average molecular weight is 587 g/mol. The van der Waals surface area contributed by atoms with Gasteiger partial charge in [-0.05, 0) is 73.3 Å². The Morgan fingerprint density at radius 2 is 1.73 bits per heavy atom. The number of nitro groups is 1. The predicted octanol–water partition coefficient (Wildman–Crippen LogP) is 6.49. The first-order chi connectivity index (χ1) is 19.7. The number of non-ortho nitro benzene ring substituents is 1. The van der Waals surface area contributed by atoms with Crippen LogP contribution in [0.1, 0.15) is 27.7 Å². The highest BCUT2D eigenvalue weighted by Gasteiger charge is 2.18. The highest BCUT2D eigenvalue weighted by molar-refractivity contribution is 8.00. The molecule has 0 aliphatic heterocycles. The second-order valence-electron chi connectivity index (χ2n) is 8.88. The van der Waals surface area contributed by atoms with Gasteiger partial charge in [0, 0.05) is 38.8 Å². The summed E-state index contributed by atoms with van der Waals surface area (Å²) in [6.45, 7) is 3.43. The Morgan fingerprint density at radius 3 is 2.41 bits per heavy atom. The van der Waals surface area contributed by atoms with Crippen molar-refractivity contribution in [3.05, 3.63) is 122 Å². The Hall–Kier alpha value is -4.74. The third-order valence-corrected chi connectivity index (χ3v) is 7.72. The van der Waals surface area contributed by atoms with E-state index in [1.165, 1.54) is 41.3 Å². The maximum absolute atomic E-state index is 13.2. The van der Waals surface area contributed by atoms with Crippen molar-refractivity contribution in [1.82, 2.24) is 5.32 Å². The van der Waals surface area contributed by atoms with E-state index in [9.17, 15) is 24.5 Å². The molecule has 4 rings (SSSR count). The van der Waals surface area contributed by atoms with Crippen molar-refractivity contribution in [1.29, 1.82) is 0 Å². The van der Waals surface area contributed by atoms with Gasteiger partial charge in [0.15, 0.2) is 0 Å². The van der Waals surface area contributed by atoms with Crippen LogP contribution in [-0.4, -0.2) is 27.9 Å². The first kappa shape index (κ1) is 29.2. The number of rotatable bonds is 10. The summed E-state index contributed by atoms with van der Waals surface area (Å²) >= 11 is 2.73. The van der Waals surface area contributed by atoms with E-state index in [-0.39, 0.29) is 17.3 Å². The molecule has 0 aliphatic carbocycles. The van der Waals surface area contributed by atoms with Gasteiger partial charge in [-0.15, -0.1) is 23.1 Å². The summed E-state index contributed by atoms with van der Waals surface area (Å²) in [7, 11) is 0. The van der Waals surface area contributed by atoms with Gasteiger partial charge in [0.2, 0.25) is 5.91 Å². The number of thiophene rings is 1. The van der Waals surface area contributed by atoms with Crippen LogP contribution in [0, 0.1) is 17.0 Å². The largest absolute Gasteiger partial charge is 0.325 e. The summed E-state index contributed by atoms with van der Waals surface area (Å²) in [5, 5.41) is 20.7. The first-order valence-corrected chi connectivity index (χ1v) is 14.2. The van der Waals surface area contributed by atoms with E-state index in [1.54, 1.807) is 68.5 Å². The Kier molecular flexibility index (Phi) is 9.67. The smallest absolute Gasteiger partial charge is 0.272 e. The molecule has 1 unspecified atom stereocenters. The molecule has 208 valence electrons. The van der Waals surface area contributed by atoms with Crippen LogP contribution in [0.25, 0.3) is 6.08 Å². The van der Waals surface area contributed by atoms with Crippen LogP contribution >= 0.6 is 23.1 Å². The molecule has 0 spiro atoms. The standard InChI is InChI=1S/C30H26N4O5S2/c1-19-16-23(34(38)39)13-14-26(19)32-28(35)20(2)41-25-11-6-10-22(17-25)31-30(37)27(18-24-12-7-15-40-24)33-29(36)21-8-4-3-5-9-21/h3-18,20H,1-2H3,(H,31,37)(H,32,35)(H,33,36)/b27-18-. The molecule has 11 heteroatoms. The highest BCUT2D eigenvalue weighted by Crippen LogP contribution is 2.28. The molecule has 0 bridgehead atoms. The molecule has 3 aromatic carbocycles. The van der Waals surface area contributed by atoms with E-state index < -0.39 is 22.0 Å². The van der Waals surface area contributed by atoms with Gasteiger partial charge >= 0.3 is 0 Å². The lowest BCUT2D eigenvalue weighted by molar-refractivity contribution is -0.384. The Bertz CT molecular complexity index is 1600. The summed E-state index contributed by atoms with van der Waals surface area (Å²) in [4.78, 5) is 50.9. The Labute approximate surface area is 244 Å². The number of hydrogen-bond acceptors (Lipinski definition) is 7. The Morgan fingerprint density at radius 1 is 0.951 bits per heavy atom. The van der Waals surface area contributed by atoms with E-state index in [1.807, 2.05) is 23.6 Å². The predicted molar refractivity (Wildman–Crippen MR) is 163 cm³/mol. The molecule has 9 nitrogen and oxygen atoms in total. The number of benzene rings is 3. The van der Waals surface area contributed by atoms with Crippen LogP contribution in [0.4, 0.5) is 17.1 Å². The number of anilines is 2.